The molecule has 0 heterocycles. The molecular weight excluding hydrogens is 216 g/mol. The third-order valence-corrected chi connectivity index (χ3v) is 3.68. The molecule has 0 saturated heterocycles. The van der Waals surface area contributed by atoms with Crippen molar-refractivity contribution in [3.8, 4) is 0 Å². The van der Waals surface area contributed by atoms with Crippen LogP contribution < -0.4 is 11.1 Å². The van der Waals surface area contributed by atoms with Gasteiger partial charge in [-0.05, 0) is 38.0 Å². The number of amides is 1. The van der Waals surface area contributed by atoms with Crippen molar-refractivity contribution < 1.29 is 9.53 Å². The van der Waals surface area contributed by atoms with Gasteiger partial charge < -0.3 is 15.8 Å². The second-order valence-corrected chi connectivity index (χ2v) is 5.43. The molecular formula is C13H24N2O2. The Bertz CT molecular complexity index is 254. The molecule has 2 atom stereocenters. The maximum atomic E-state index is 11.8. The molecule has 3 N–H and O–H groups in total. The van der Waals surface area contributed by atoms with Gasteiger partial charge in [0.05, 0.1) is 6.61 Å². The molecule has 2 fully saturated rings. The van der Waals surface area contributed by atoms with Crippen molar-refractivity contribution >= 4 is 5.91 Å². The number of ether oxygens (including phenoxy) is 1. The lowest BCUT2D eigenvalue weighted by Gasteiger charge is -2.25. The van der Waals surface area contributed by atoms with E-state index in [1.165, 1.54) is 12.8 Å². The summed E-state index contributed by atoms with van der Waals surface area (Å²) in [6.45, 7) is 2.14. The molecule has 2 unspecified atom stereocenters. The van der Waals surface area contributed by atoms with E-state index in [4.69, 9.17) is 10.5 Å². The van der Waals surface area contributed by atoms with Crippen LogP contribution in [-0.4, -0.2) is 31.7 Å². The van der Waals surface area contributed by atoms with E-state index in [2.05, 4.69) is 5.32 Å². The minimum absolute atomic E-state index is 0.127. The predicted octanol–water partition coefficient (Wildman–Crippen LogP) is 1.05. The fraction of sp³-hybridized carbons (Fsp3) is 0.923. The zero-order valence-electron chi connectivity index (χ0n) is 10.5. The maximum absolute atomic E-state index is 11.8. The number of hydrogen-bond donors (Lipinski definition) is 2. The topological polar surface area (TPSA) is 64.4 Å². The Balaban J connectivity index is 1.52. The second-order valence-electron chi connectivity index (χ2n) is 5.43. The number of nitrogens with two attached hydrogens (primary N) is 1. The lowest BCUT2D eigenvalue weighted by Crippen LogP contribution is -2.38. The molecule has 4 heteroatoms. The Labute approximate surface area is 103 Å². The van der Waals surface area contributed by atoms with E-state index in [1.807, 2.05) is 0 Å². The molecule has 98 valence electrons. The van der Waals surface area contributed by atoms with E-state index in [1.54, 1.807) is 0 Å². The third kappa shape index (κ3) is 4.64. The standard InChI is InChI=1S/C13H24N2O2/c14-12-3-1-2-11(8-12)13(16)15-6-7-17-9-10-4-5-10/h10-12H,1-9,14H2,(H,15,16). The molecule has 17 heavy (non-hydrogen) atoms. The summed E-state index contributed by atoms with van der Waals surface area (Å²) >= 11 is 0. The Morgan fingerprint density at radius 1 is 1.29 bits per heavy atom. The van der Waals surface area contributed by atoms with Crippen LogP contribution in [0.25, 0.3) is 0 Å². The van der Waals surface area contributed by atoms with Crippen molar-refractivity contribution in [2.24, 2.45) is 17.6 Å². The fourth-order valence-electron chi connectivity index (χ4n) is 2.39. The van der Waals surface area contributed by atoms with Gasteiger partial charge in [0.25, 0.3) is 0 Å². The van der Waals surface area contributed by atoms with Crippen LogP contribution in [0.4, 0.5) is 0 Å². The number of hydrogen-bond acceptors (Lipinski definition) is 3. The molecule has 0 aliphatic heterocycles. The first-order chi connectivity index (χ1) is 8.25. The molecule has 0 aromatic carbocycles. The van der Waals surface area contributed by atoms with Gasteiger partial charge in [-0.3, -0.25) is 4.79 Å². The quantitative estimate of drug-likeness (QED) is 0.682. The lowest BCUT2D eigenvalue weighted by atomic mass is 9.85. The molecule has 0 aromatic heterocycles. The Hall–Kier alpha value is -0.610. The molecule has 0 bridgehead atoms. The van der Waals surface area contributed by atoms with Crippen LogP contribution in [0.3, 0.4) is 0 Å². The molecule has 1 amide bonds. The largest absolute Gasteiger partial charge is 0.379 e. The van der Waals surface area contributed by atoms with Crippen molar-refractivity contribution in [2.45, 2.75) is 44.6 Å². The number of carbonyl (C=O) groups excluding carboxylic acids is 1. The first kappa shape index (κ1) is 12.8. The van der Waals surface area contributed by atoms with Crippen molar-refractivity contribution in [1.82, 2.24) is 5.32 Å². The monoisotopic (exact) mass is 240 g/mol. The first-order valence-corrected chi connectivity index (χ1v) is 6.86. The Kier molecular flexibility index (Phi) is 4.80. The zero-order valence-corrected chi connectivity index (χ0v) is 10.5. The van der Waals surface area contributed by atoms with Gasteiger partial charge in [0.15, 0.2) is 0 Å². The Morgan fingerprint density at radius 3 is 2.82 bits per heavy atom. The third-order valence-electron chi connectivity index (χ3n) is 3.68. The van der Waals surface area contributed by atoms with Crippen molar-refractivity contribution in [1.29, 1.82) is 0 Å². The van der Waals surface area contributed by atoms with Crippen LogP contribution in [-0.2, 0) is 9.53 Å². The van der Waals surface area contributed by atoms with Gasteiger partial charge in [-0.15, -0.1) is 0 Å². The highest BCUT2D eigenvalue weighted by Gasteiger charge is 2.25. The van der Waals surface area contributed by atoms with E-state index < -0.39 is 0 Å². The Morgan fingerprint density at radius 2 is 2.12 bits per heavy atom. The highest BCUT2D eigenvalue weighted by molar-refractivity contribution is 5.78. The summed E-state index contributed by atoms with van der Waals surface area (Å²) in [5.41, 5.74) is 5.87. The second kappa shape index (κ2) is 6.36. The van der Waals surface area contributed by atoms with Crippen LogP contribution in [0, 0.1) is 11.8 Å². The average molecular weight is 240 g/mol. The first-order valence-electron chi connectivity index (χ1n) is 6.86. The highest BCUT2D eigenvalue weighted by atomic mass is 16.5. The fourth-order valence-corrected chi connectivity index (χ4v) is 2.39. The molecule has 2 aliphatic rings. The molecule has 2 rings (SSSR count). The van der Waals surface area contributed by atoms with Crippen LogP contribution in [0.5, 0.6) is 0 Å². The van der Waals surface area contributed by atoms with Gasteiger partial charge in [0.2, 0.25) is 5.91 Å². The van der Waals surface area contributed by atoms with Gasteiger partial charge in [-0.25, -0.2) is 0 Å². The summed E-state index contributed by atoms with van der Waals surface area (Å²) in [5, 5.41) is 2.95. The summed E-state index contributed by atoms with van der Waals surface area (Å²) in [4.78, 5) is 11.8. The lowest BCUT2D eigenvalue weighted by molar-refractivity contribution is -0.126. The zero-order chi connectivity index (χ0) is 12.1. The van der Waals surface area contributed by atoms with Gasteiger partial charge in [-0.2, -0.15) is 0 Å². The van der Waals surface area contributed by atoms with Crippen LogP contribution >= 0.6 is 0 Å². The predicted molar refractivity (Wildman–Crippen MR) is 66.5 cm³/mol. The van der Waals surface area contributed by atoms with Crippen LogP contribution in [0.2, 0.25) is 0 Å². The molecule has 0 aromatic rings. The normalized spacial score (nSPS) is 29.0. The van der Waals surface area contributed by atoms with Crippen molar-refractivity contribution in [3.63, 3.8) is 0 Å². The summed E-state index contributed by atoms with van der Waals surface area (Å²) in [6.07, 6.45) is 6.60. The van der Waals surface area contributed by atoms with Gasteiger partial charge >= 0.3 is 0 Å². The number of rotatable bonds is 6. The van der Waals surface area contributed by atoms with E-state index in [0.717, 1.165) is 38.2 Å². The number of carbonyl (C=O) groups is 1. The van der Waals surface area contributed by atoms with Crippen LogP contribution in [0.1, 0.15) is 38.5 Å². The van der Waals surface area contributed by atoms with Crippen molar-refractivity contribution in [3.05, 3.63) is 0 Å². The average Bonchev–Trinajstić information content (AvgIpc) is 3.12. The van der Waals surface area contributed by atoms with Gasteiger partial charge in [-0.1, -0.05) is 6.42 Å². The molecule has 2 aliphatic carbocycles. The molecule has 4 nitrogen and oxygen atoms in total. The van der Waals surface area contributed by atoms with Gasteiger partial charge in [0, 0.05) is 25.1 Å². The van der Waals surface area contributed by atoms with E-state index in [9.17, 15) is 4.79 Å². The van der Waals surface area contributed by atoms with Crippen molar-refractivity contribution in [2.75, 3.05) is 19.8 Å². The summed E-state index contributed by atoms with van der Waals surface area (Å²) in [5.74, 6) is 1.08. The number of nitrogens with one attached hydrogen (secondary N) is 1. The van der Waals surface area contributed by atoms with E-state index >= 15 is 0 Å². The SMILES string of the molecule is NC1CCCC(C(=O)NCCOCC2CC2)C1. The summed E-state index contributed by atoms with van der Waals surface area (Å²) < 4.78 is 5.48. The molecule has 0 radical (unpaired) electrons. The highest BCUT2D eigenvalue weighted by Crippen LogP contribution is 2.28. The summed E-state index contributed by atoms with van der Waals surface area (Å²) in [7, 11) is 0. The molecule has 2 saturated carbocycles. The smallest absolute Gasteiger partial charge is 0.223 e. The van der Waals surface area contributed by atoms with E-state index in [0.29, 0.717) is 13.2 Å². The van der Waals surface area contributed by atoms with E-state index in [-0.39, 0.29) is 17.9 Å². The molecule has 0 spiro atoms. The minimum Gasteiger partial charge on any atom is -0.379 e. The van der Waals surface area contributed by atoms with Gasteiger partial charge in [0.1, 0.15) is 0 Å². The maximum Gasteiger partial charge on any atom is 0.223 e. The van der Waals surface area contributed by atoms with Crippen LogP contribution in [0.15, 0.2) is 0 Å². The summed E-state index contributed by atoms with van der Waals surface area (Å²) in [6, 6.07) is 0.214. The minimum atomic E-state index is 0.127.